The van der Waals surface area contributed by atoms with Gasteiger partial charge in [-0.15, -0.1) is 12.4 Å². The van der Waals surface area contributed by atoms with Crippen molar-refractivity contribution in [2.45, 2.75) is 26.7 Å². The number of aromatic nitrogens is 4. The number of nitrogens with zero attached hydrogens (tertiary/aromatic N) is 4. The standard InChI is InChI=1S/C22H21N5O3.ClH/c1-12(2)19-26-21(30-27-19)17-11-23-20-16(9-8-13(3)24-20)18(17)25-15-7-5-6-14(10-15)22(28)29-4;/h5-12H,1-4H3,(H,23,24,25);1H. The van der Waals surface area contributed by atoms with Crippen LogP contribution in [0.25, 0.3) is 22.5 Å². The number of esters is 1. The van der Waals surface area contributed by atoms with Gasteiger partial charge in [0.25, 0.3) is 5.89 Å². The van der Waals surface area contributed by atoms with E-state index in [1.54, 1.807) is 24.4 Å². The molecule has 0 radical (unpaired) electrons. The molecule has 0 saturated heterocycles. The molecule has 8 nitrogen and oxygen atoms in total. The smallest absolute Gasteiger partial charge is 0.337 e. The Kier molecular flexibility index (Phi) is 6.50. The first-order valence-electron chi connectivity index (χ1n) is 9.52. The maximum atomic E-state index is 11.9. The van der Waals surface area contributed by atoms with Crippen LogP contribution in [0.4, 0.5) is 11.4 Å². The van der Waals surface area contributed by atoms with E-state index in [4.69, 9.17) is 9.26 Å². The molecule has 31 heavy (non-hydrogen) atoms. The molecule has 0 atom stereocenters. The Morgan fingerprint density at radius 3 is 2.68 bits per heavy atom. The molecule has 0 unspecified atom stereocenters. The molecule has 9 heteroatoms. The van der Waals surface area contributed by atoms with Crippen molar-refractivity contribution in [2.75, 3.05) is 12.4 Å². The van der Waals surface area contributed by atoms with Crippen molar-refractivity contribution in [1.82, 2.24) is 20.1 Å². The molecule has 0 aliphatic rings. The molecule has 0 aliphatic heterocycles. The minimum Gasteiger partial charge on any atom is -0.465 e. The van der Waals surface area contributed by atoms with Crippen LogP contribution in [0.2, 0.25) is 0 Å². The van der Waals surface area contributed by atoms with E-state index in [0.29, 0.717) is 39.9 Å². The Bertz CT molecular complexity index is 1240. The molecule has 0 fully saturated rings. The second-order valence-electron chi connectivity index (χ2n) is 7.18. The number of benzene rings is 1. The van der Waals surface area contributed by atoms with E-state index in [1.165, 1.54) is 7.11 Å². The number of hydrogen-bond acceptors (Lipinski definition) is 8. The van der Waals surface area contributed by atoms with E-state index in [1.807, 2.05) is 39.0 Å². The van der Waals surface area contributed by atoms with Gasteiger partial charge in [-0.1, -0.05) is 25.1 Å². The van der Waals surface area contributed by atoms with Crippen LogP contribution in [0.1, 0.15) is 41.6 Å². The maximum absolute atomic E-state index is 11.9. The summed E-state index contributed by atoms with van der Waals surface area (Å²) in [6.45, 7) is 5.91. The number of halogens is 1. The van der Waals surface area contributed by atoms with Gasteiger partial charge >= 0.3 is 5.97 Å². The van der Waals surface area contributed by atoms with E-state index < -0.39 is 5.97 Å². The number of anilines is 2. The lowest BCUT2D eigenvalue weighted by molar-refractivity contribution is 0.0601. The number of pyridine rings is 2. The molecule has 1 N–H and O–H groups in total. The third-order valence-corrected chi connectivity index (χ3v) is 4.61. The molecule has 4 aromatic rings. The van der Waals surface area contributed by atoms with Gasteiger partial charge in [0.2, 0.25) is 0 Å². The monoisotopic (exact) mass is 439 g/mol. The van der Waals surface area contributed by atoms with E-state index in [0.717, 1.165) is 11.1 Å². The fourth-order valence-corrected chi connectivity index (χ4v) is 3.03. The molecule has 0 saturated carbocycles. The van der Waals surface area contributed by atoms with Crippen molar-refractivity contribution < 1.29 is 14.1 Å². The van der Waals surface area contributed by atoms with Crippen molar-refractivity contribution >= 4 is 40.8 Å². The highest BCUT2D eigenvalue weighted by Crippen LogP contribution is 2.35. The van der Waals surface area contributed by atoms with Crippen LogP contribution in [0.15, 0.2) is 47.1 Å². The SMILES string of the molecule is COC(=O)c1cccc(Nc2c(-c3nc(C(C)C)no3)cnc3nc(C)ccc23)c1.Cl. The molecule has 160 valence electrons. The molecular weight excluding hydrogens is 418 g/mol. The minimum absolute atomic E-state index is 0. The average Bonchev–Trinajstić information content (AvgIpc) is 3.24. The molecule has 3 heterocycles. The first-order chi connectivity index (χ1) is 14.5. The number of aryl methyl sites for hydroxylation is 1. The zero-order chi connectivity index (χ0) is 21.3. The normalized spacial score (nSPS) is 10.7. The van der Waals surface area contributed by atoms with Gasteiger partial charge in [0.15, 0.2) is 11.5 Å². The molecule has 4 rings (SSSR count). The number of carbonyl (C=O) groups is 1. The second-order valence-corrected chi connectivity index (χ2v) is 7.18. The number of fused-ring (bicyclic) bond motifs is 1. The van der Waals surface area contributed by atoms with Crippen LogP contribution in [-0.2, 0) is 4.74 Å². The van der Waals surface area contributed by atoms with E-state index in [-0.39, 0.29) is 18.3 Å². The summed E-state index contributed by atoms with van der Waals surface area (Å²) >= 11 is 0. The lowest BCUT2D eigenvalue weighted by Gasteiger charge is -2.13. The quantitative estimate of drug-likeness (QED) is 0.430. The van der Waals surface area contributed by atoms with Gasteiger partial charge in [-0.05, 0) is 37.3 Å². The van der Waals surface area contributed by atoms with E-state index in [2.05, 4.69) is 25.4 Å². The van der Waals surface area contributed by atoms with Crippen molar-refractivity contribution in [1.29, 1.82) is 0 Å². The summed E-state index contributed by atoms with van der Waals surface area (Å²) in [5.41, 5.74) is 3.96. The number of carbonyl (C=O) groups excluding carboxylic acids is 1. The number of rotatable bonds is 5. The van der Waals surface area contributed by atoms with Crippen LogP contribution in [0, 0.1) is 6.92 Å². The molecule has 0 aliphatic carbocycles. The van der Waals surface area contributed by atoms with Crippen molar-refractivity contribution in [3.8, 4) is 11.5 Å². The lowest BCUT2D eigenvalue weighted by Crippen LogP contribution is -2.03. The molecule has 1 aromatic carbocycles. The average molecular weight is 440 g/mol. The Balaban J connectivity index is 0.00000272. The molecule has 0 spiro atoms. The van der Waals surface area contributed by atoms with Crippen LogP contribution in [0.5, 0.6) is 0 Å². The maximum Gasteiger partial charge on any atom is 0.337 e. The number of methoxy groups -OCH3 is 1. The first kappa shape index (κ1) is 22.2. The summed E-state index contributed by atoms with van der Waals surface area (Å²) in [6.07, 6.45) is 1.67. The predicted octanol–water partition coefficient (Wildman–Crippen LogP) is 5.06. The summed E-state index contributed by atoms with van der Waals surface area (Å²) in [5.74, 6) is 0.702. The molecular formula is C22H22ClN5O3. The highest BCUT2D eigenvalue weighted by molar-refractivity contribution is 5.99. The summed E-state index contributed by atoms with van der Waals surface area (Å²) in [5, 5.41) is 8.24. The van der Waals surface area contributed by atoms with Crippen LogP contribution < -0.4 is 5.32 Å². The fraction of sp³-hybridized carbons (Fsp3) is 0.227. The van der Waals surface area contributed by atoms with Gasteiger partial charge in [-0.3, -0.25) is 0 Å². The Morgan fingerprint density at radius 2 is 1.97 bits per heavy atom. The highest BCUT2D eigenvalue weighted by Gasteiger charge is 2.19. The largest absolute Gasteiger partial charge is 0.465 e. The van der Waals surface area contributed by atoms with Gasteiger partial charge in [0.1, 0.15) is 0 Å². The summed E-state index contributed by atoms with van der Waals surface area (Å²) < 4.78 is 10.3. The Hall–Kier alpha value is -3.52. The van der Waals surface area contributed by atoms with Crippen LogP contribution in [-0.4, -0.2) is 33.2 Å². The second kappa shape index (κ2) is 9.09. The third-order valence-electron chi connectivity index (χ3n) is 4.61. The Labute approximate surface area is 185 Å². The van der Waals surface area contributed by atoms with Gasteiger partial charge in [-0.2, -0.15) is 4.98 Å². The predicted molar refractivity (Wildman–Crippen MR) is 120 cm³/mol. The zero-order valence-corrected chi connectivity index (χ0v) is 18.4. The van der Waals surface area contributed by atoms with Crippen molar-refractivity contribution in [3.05, 3.63) is 59.7 Å². The van der Waals surface area contributed by atoms with Crippen LogP contribution >= 0.6 is 12.4 Å². The Morgan fingerprint density at radius 1 is 1.16 bits per heavy atom. The van der Waals surface area contributed by atoms with Crippen molar-refractivity contribution in [3.63, 3.8) is 0 Å². The van der Waals surface area contributed by atoms with Gasteiger partial charge in [0.05, 0.1) is 23.9 Å². The van der Waals surface area contributed by atoms with Gasteiger partial charge < -0.3 is 14.6 Å². The number of hydrogen-bond donors (Lipinski definition) is 1. The number of ether oxygens (including phenoxy) is 1. The van der Waals surface area contributed by atoms with Crippen molar-refractivity contribution in [2.24, 2.45) is 0 Å². The highest BCUT2D eigenvalue weighted by atomic mass is 35.5. The lowest BCUT2D eigenvalue weighted by atomic mass is 10.1. The minimum atomic E-state index is -0.408. The zero-order valence-electron chi connectivity index (χ0n) is 17.5. The summed E-state index contributed by atoms with van der Waals surface area (Å²) in [7, 11) is 1.35. The molecule has 3 aromatic heterocycles. The van der Waals surface area contributed by atoms with Gasteiger partial charge in [0, 0.05) is 28.9 Å². The first-order valence-corrected chi connectivity index (χ1v) is 9.52. The number of nitrogens with one attached hydrogen (secondary N) is 1. The van der Waals surface area contributed by atoms with Gasteiger partial charge in [-0.25, -0.2) is 14.8 Å². The van der Waals surface area contributed by atoms with Crippen LogP contribution in [0.3, 0.4) is 0 Å². The summed E-state index contributed by atoms with van der Waals surface area (Å²) in [6, 6.07) is 10.9. The molecule has 0 bridgehead atoms. The van der Waals surface area contributed by atoms with E-state index >= 15 is 0 Å². The van der Waals surface area contributed by atoms with E-state index in [9.17, 15) is 4.79 Å². The third kappa shape index (κ3) is 4.49. The fourth-order valence-electron chi connectivity index (χ4n) is 3.03. The topological polar surface area (TPSA) is 103 Å². The molecule has 0 amide bonds. The summed E-state index contributed by atoms with van der Waals surface area (Å²) in [4.78, 5) is 25.4.